The second-order valence-corrected chi connectivity index (χ2v) is 10.3. The Morgan fingerprint density at radius 2 is 1.80 bits per heavy atom. The average Bonchev–Trinajstić information content (AvgIpc) is 2.82. The summed E-state index contributed by atoms with van der Waals surface area (Å²) in [5, 5.41) is 24.3. The molecule has 35 heavy (non-hydrogen) atoms. The molecule has 0 bridgehead atoms. The number of hydrogen-bond donors (Lipinski definition) is 3. The second-order valence-electron chi connectivity index (χ2n) is 7.85. The van der Waals surface area contributed by atoms with E-state index < -0.39 is 53.3 Å². The number of methoxy groups -OCH3 is 1. The second kappa shape index (κ2) is 11.8. The highest BCUT2D eigenvalue weighted by Gasteiger charge is 2.45. The van der Waals surface area contributed by atoms with E-state index in [4.69, 9.17) is 36.9 Å². The van der Waals surface area contributed by atoms with Crippen molar-refractivity contribution in [3.8, 4) is 0 Å². The molecule has 1 heterocycles. The van der Waals surface area contributed by atoms with Crippen molar-refractivity contribution in [2.45, 2.75) is 42.5 Å². The number of nitrogens with one attached hydrogen (secondary N) is 1. The number of benzene rings is 2. The zero-order valence-electron chi connectivity index (χ0n) is 18.8. The molecular formula is C23H25Cl2NO8S. The van der Waals surface area contributed by atoms with Crippen LogP contribution in [0.25, 0.3) is 6.08 Å². The summed E-state index contributed by atoms with van der Waals surface area (Å²) in [6, 6.07) is 9.70. The first-order valence-corrected chi connectivity index (χ1v) is 12.6. The van der Waals surface area contributed by atoms with E-state index in [0.717, 1.165) is 5.56 Å². The van der Waals surface area contributed by atoms with Gasteiger partial charge in [-0.25, -0.2) is 0 Å². The number of aliphatic hydroxyl groups excluding tert-OH is 2. The summed E-state index contributed by atoms with van der Waals surface area (Å²) in [4.78, 5) is 12.3. The molecule has 0 aliphatic carbocycles. The van der Waals surface area contributed by atoms with E-state index in [1.165, 1.54) is 31.4 Å². The lowest BCUT2D eigenvalue weighted by molar-refractivity contribution is -0.260. The van der Waals surface area contributed by atoms with Gasteiger partial charge >= 0.3 is 0 Å². The molecule has 1 fully saturated rings. The first-order valence-electron chi connectivity index (χ1n) is 10.5. The number of carbonyl (C=O) groups is 1. The maximum absolute atomic E-state index is 12.4. The molecule has 0 spiro atoms. The van der Waals surface area contributed by atoms with Crippen LogP contribution in [0.2, 0.25) is 10.0 Å². The Hall–Kier alpha value is -2.02. The van der Waals surface area contributed by atoms with Gasteiger partial charge in [0.15, 0.2) is 6.29 Å². The zero-order valence-corrected chi connectivity index (χ0v) is 21.1. The zero-order chi connectivity index (χ0) is 25.8. The fourth-order valence-corrected chi connectivity index (χ4v) is 4.58. The van der Waals surface area contributed by atoms with Gasteiger partial charge in [0, 0.05) is 13.2 Å². The smallest absolute Gasteiger partial charge is 0.297 e. The van der Waals surface area contributed by atoms with Crippen molar-refractivity contribution >= 4 is 45.3 Å². The molecule has 1 aliphatic rings. The number of ether oxygens (including phenoxy) is 2. The number of hydrogen-bond acceptors (Lipinski definition) is 8. The predicted molar refractivity (Wildman–Crippen MR) is 129 cm³/mol. The monoisotopic (exact) mass is 545 g/mol. The van der Waals surface area contributed by atoms with Gasteiger partial charge in [0.05, 0.1) is 21.5 Å². The molecule has 9 nitrogen and oxygen atoms in total. The molecule has 0 radical (unpaired) electrons. The summed E-state index contributed by atoms with van der Waals surface area (Å²) in [5.41, 5.74) is 1.49. The molecule has 1 aliphatic heterocycles. The summed E-state index contributed by atoms with van der Waals surface area (Å²) in [6.45, 7) is 1.24. The molecule has 1 saturated heterocycles. The van der Waals surface area contributed by atoms with Crippen molar-refractivity contribution in [2.75, 3.05) is 13.7 Å². The van der Waals surface area contributed by atoms with Gasteiger partial charge in [-0.2, -0.15) is 8.42 Å². The van der Waals surface area contributed by atoms with Crippen LogP contribution < -0.4 is 5.32 Å². The highest BCUT2D eigenvalue weighted by Crippen LogP contribution is 2.25. The van der Waals surface area contributed by atoms with Crippen molar-refractivity contribution in [3.63, 3.8) is 0 Å². The summed E-state index contributed by atoms with van der Waals surface area (Å²) >= 11 is 11.8. The van der Waals surface area contributed by atoms with Gasteiger partial charge in [0.25, 0.3) is 10.1 Å². The van der Waals surface area contributed by atoms with Crippen molar-refractivity contribution in [3.05, 3.63) is 69.7 Å². The molecular weight excluding hydrogens is 521 g/mol. The first kappa shape index (κ1) is 27.6. The summed E-state index contributed by atoms with van der Waals surface area (Å²) in [7, 11) is -2.85. The number of carbonyl (C=O) groups excluding carboxylic acids is 1. The molecule has 190 valence electrons. The predicted octanol–water partition coefficient (Wildman–Crippen LogP) is 2.30. The maximum atomic E-state index is 12.4. The molecule has 3 rings (SSSR count). The van der Waals surface area contributed by atoms with E-state index in [2.05, 4.69) is 5.32 Å². The van der Waals surface area contributed by atoms with Gasteiger partial charge in [-0.05, 0) is 42.8 Å². The molecule has 2 aromatic carbocycles. The quantitative estimate of drug-likeness (QED) is 0.340. The molecule has 0 aromatic heterocycles. The van der Waals surface area contributed by atoms with E-state index in [0.29, 0.717) is 15.6 Å². The van der Waals surface area contributed by atoms with Crippen LogP contribution in [-0.4, -0.2) is 68.9 Å². The Balaban J connectivity index is 1.63. The Labute approximate surface area is 213 Å². The van der Waals surface area contributed by atoms with Gasteiger partial charge in [0.2, 0.25) is 5.91 Å². The average molecular weight is 546 g/mol. The van der Waals surface area contributed by atoms with Crippen molar-refractivity contribution in [1.82, 2.24) is 5.32 Å². The van der Waals surface area contributed by atoms with Crippen LogP contribution in [0.4, 0.5) is 0 Å². The Morgan fingerprint density at radius 3 is 2.43 bits per heavy atom. The maximum Gasteiger partial charge on any atom is 0.297 e. The lowest BCUT2D eigenvalue weighted by Crippen LogP contribution is -2.64. The van der Waals surface area contributed by atoms with Gasteiger partial charge in [-0.1, -0.05) is 47.0 Å². The lowest BCUT2D eigenvalue weighted by atomic mass is 9.97. The third-order valence-electron chi connectivity index (χ3n) is 5.31. The molecule has 0 saturated carbocycles. The van der Waals surface area contributed by atoms with Crippen molar-refractivity contribution in [2.24, 2.45) is 0 Å². The third-order valence-corrected chi connectivity index (χ3v) is 7.34. The minimum atomic E-state index is -4.12. The molecule has 5 atom stereocenters. The summed E-state index contributed by atoms with van der Waals surface area (Å²) < 4.78 is 40.7. The SMILES string of the molecule is COC1O[C@H](COS(=O)(=O)c2ccc(C)cc2)[C@@H](O)[C@H](O)[C@H]1NC(=O)/C=C/c1ccc(Cl)c(Cl)c1. The van der Waals surface area contributed by atoms with Gasteiger partial charge < -0.3 is 25.0 Å². The van der Waals surface area contributed by atoms with E-state index in [1.807, 2.05) is 6.92 Å². The van der Waals surface area contributed by atoms with Crippen LogP contribution >= 0.6 is 23.2 Å². The van der Waals surface area contributed by atoms with Crippen LogP contribution in [0.15, 0.2) is 53.4 Å². The number of aryl methyl sites for hydroxylation is 1. The molecule has 12 heteroatoms. The van der Waals surface area contributed by atoms with E-state index in [-0.39, 0.29) is 4.90 Å². The fraction of sp³-hybridized carbons (Fsp3) is 0.348. The molecule has 1 unspecified atom stereocenters. The van der Waals surface area contributed by atoms with E-state index in [1.54, 1.807) is 30.3 Å². The summed E-state index contributed by atoms with van der Waals surface area (Å²) in [6.07, 6.45) is -2.85. The Kier molecular flexibility index (Phi) is 9.30. The third kappa shape index (κ3) is 7.02. The highest BCUT2D eigenvalue weighted by atomic mass is 35.5. The topological polar surface area (TPSA) is 131 Å². The van der Waals surface area contributed by atoms with Crippen LogP contribution in [0, 0.1) is 6.92 Å². The lowest BCUT2D eigenvalue weighted by Gasteiger charge is -2.41. The molecule has 2 aromatic rings. The van der Waals surface area contributed by atoms with E-state index >= 15 is 0 Å². The van der Waals surface area contributed by atoms with Crippen molar-refractivity contribution in [1.29, 1.82) is 0 Å². The van der Waals surface area contributed by atoms with Crippen LogP contribution in [0.1, 0.15) is 11.1 Å². The highest BCUT2D eigenvalue weighted by molar-refractivity contribution is 7.86. The standard InChI is InChI=1S/C23H25Cl2NO8S/c1-13-3-7-15(8-4-13)35(30,31)33-12-18-21(28)22(29)20(23(32-2)34-18)26-19(27)10-6-14-5-9-16(24)17(25)11-14/h3-11,18,20-23,28-29H,12H2,1-2H3,(H,26,27)/b10-6+/t18-,20-,21-,22-,23?/m1/s1. The number of halogens is 2. The van der Waals surface area contributed by atoms with Gasteiger partial charge in [0.1, 0.15) is 24.4 Å². The minimum Gasteiger partial charge on any atom is -0.388 e. The normalized spacial score (nSPS) is 25.0. The fourth-order valence-electron chi connectivity index (χ4n) is 3.35. The van der Waals surface area contributed by atoms with Crippen LogP contribution in [0.5, 0.6) is 0 Å². The largest absolute Gasteiger partial charge is 0.388 e. The number of aliphatic hydroxyl groups is 2. The van der Waals surface area contributed by atoms with Gasteiger partial charge in [-0.3, -0.25) is 8.98 Å². The number of rotatable bonds is 8. The first-order chi connectivity index (χ1) is 16.5. The molecule has 1 amide bonds. The minimum absolute atomic E-state index is 0.0591. The van der Waals surface area contributed by atoms with Gasteiger partial charge in [-0.15, -0.1) is 0 Å². The Morgan fingerprint density at radius 1 is 1.11 bits per heavy atom. The van der Waals surface area contributed by atoms with Crippen LogP contribution in [-0.2, 0) is 28.6 Å². The van der Waals surface area contributed by atoms with Crippen LogP contribution in [0.3, 0.4) is 0 Å². The molecule has 3 N–H and O–H groups in total. The van der Waals surface area contributed by atoms with E-state index in [9.17, 15) is 23.4 Å². The number of amides is 1. The Bertz CT molecular complexity index is 1170. The van der Waals surface area contributed by atoms with Crippen molar-refractivity contribution < 1.29 is 37.1 Å². The summed E-state index contributed by atoms with van der Waals surface area (Å²) in [5.74, 6) is -0.602.